The van der Waals surface area contributed by atoms with Crippen molar-refractivity contribution in [3.8, 4) is 0 Å². The predicted octanol–water partition coefficient (Wildman–Crippen LogP) is 5.04. The van der Waals surface area contributed by atoms with Crippen LogP contribution in [0.2, 0.25) is 0 Å². The molecule has 2 nitrogen and oxygen atoms in total. The molecule has 0 spiro atoms. The molecule has 0 radical (unpaired) electrons. The van der Waals surface area contributed by atoms with Gasteiger partial charge in [0, 0.05) is 12.1 Å². The van der Waals surface area contributed by atoms with Crippen LogP contribution in [0.15, 0.2) is 91.0 Å². The van der Waals surface area contributed by atoms with E-state index in [9.17, 15) is 5.11 Å². The Bertz CT molecular complexity index is 785. The van der Waals surface area contributed by atoms with Crippen molar-refractivity contribution in [2.75, 3.05) is 6.61 Å². The molecule has 2 heteroatoms. The second kappa shape index (κ2) is 9.18. The maximum Gasteiger partial charge on any atom is 0.0628 e. The second-order valence-corrected chi connectivity index (χ2v) is 7.82. The maximum absolute atomic E-state index is 10.4. The van der Waals surface area contributed by atoms with E-state index >= 15 is 0 Å². The van der Waals surface area contributed by atoms with Gasteiger partial charge in [-0.2, -0.15) is 0 Å². The molecule has 28 heavy (non-hydrogen) atoms. The van der Waals surface area contributed by atoms with Crippen molar-refractivity contribution in [2.45, 2.75) is 43.8 Å². The van der Waals surface area contributed by atoms with Crippen LogP contribution >= 0.6 is 0 Å². The Morgan fingerprint density at radius 1 is 0.679 bits per heavy atom. The number of nitrogens with zero attached hydrogens (tertiary/aromatic N) is 1. The first kappa shape index (κ1) is 18.9. The summed E-state index contributed by atoms with van der Waals surface area (Å²) in [6.45, 7) is 0.153. The van der Waals surface area contributed by atoms with Gasteiger partial charge in [-0.25, -0.2) is 0 Å². The molecular formula is C26H29NO. The van der Waals surface area contributed by atoms with Gasteiger partial charge in [-0.05, 0) is 42.4 Å². The first-order valence-electron chi connectivity index (χ1n) is 10.4. The first-order chi connectivity index (χ1) is 13.8. The fourth-order valence-electron chi connectivity index (χ4n) is 4.72. The summed E-state index contributed by atoms with van der Waals surface area (Å²) in [5.74, 6) is 0. The molecule has 0 aliphatic carbocycles. The van der Waals surface area contributed by atoms with Gasteiger partial charge in [-0.1, -0.05) is 91.0 Å². The summed E-state index contributed by atoms with van der Waals surface area (Å²) in [5.41, 5.74) is 3.97. The number of likely N-dealkylation sites (tertiary alicyclic amines) is 1. The predicted molar refractivity (Wildman–Crippen MR) is 115 cm³/mol. The van der Waals surface area contributed by atoms with Gasteiger partial charge in [0.15, 0.2) is 0 Å². The Balaban J connectivity index is 1.62. The summed E-state index contributed by atoms with van der Waals surface area (Å²) in [4.78, 5) is 2.61. The summed E-state index contributed by atoms with van der Waals surface area (Å²) in [6, 6.07) is 33.0. The first-order valence-corrected chi connectivity index (χ1v) is 10.4. The average Bonchev–Trinajstić information content (AvgIpc) is 3.13. The van der Waals surface area contributed by atoms with Crippen LogP contribution in [0.25, 0.3) is 0 Å². The molecule has 0 unspecified atom stereocenters. The van der Waals surface area contributed by atoms with E-state index < -0.39 is 0 Å². The van der Waals surface area contributed by atoms with Crippen molar-refractivity contribution in [3.05, 3.63) is 108 Å². The Morgan fingerprint density at radius 2 is 1.11 bits per heavy atom. The van der Waals surface area contributed by atoms with E-state index in [2.05, 4.69) is 89.8 Å². The van der Waals surface area contributed by atoms with E-state index in [0.717, 1.165) is 12.8 Å². The molecule has 0 amide bonds. The number of rotatable bonds is 7. The molecule has 0 bridgehead atoms. The molecule has 3 aromatic rings. The molecule has 0 aromatic heterocycles. The lowest BCUT2D eigenvalue weighted by Gasteiger charge is -2.37. The highest BCUT2D eigenvalue weighted by molar-refractivity contribution is 5.23. The van der Waals surface area contributed by atoms with Crippen LogP contribution in [0.5, 0.6) is 0 Å². The van der Waals surface area contributed by atoms with Gasteiger partial charge in [0.05, 0.1) is 12.6 Å². The van der Waals surface area contributed by atoms with Gasteiger partial charge < -0.3 is 5.11 Å². The topological polar surface area (TPSA) is 23.5 Å². The molecule has 1 aliphatic heterocycles. The van der Waals surface area contributed by atoms with Crippen molar-refractivity contribution >= 4 is 0 Å². The Morgan fingerprint density at radius 3 is 1.54 bits per heavy atom. The lowest BCUT2D eigenvalue weighted by atomic mass is 9.99. The zero-order valence-corrected chi connectivity index (χ0v) is 16.3. The number of hydrogen-bond donors (Lipinski definition) is 1. The van der Waals surface area contributed by atoms with Crippen LogP contribution in [0.4, 0.5) is 0 Å². The quantitative estimate of drug-likeness (QED) is 0.629. The van der Waals surface area contributed by atoms with E-state index in [1.165, 1.54) is 29.5 Å². The van der Waals surface area contributed by atoms with Crippen LogP contribution < -0.4 is 0 Å². The third-order valence-electron chi connectivity index (χ3n) is 6.02. The maximum atomic E-state index is 10.4. The molecule has 1 aliphatic rings. The molecule has 1 saturated heterocycles. The largest absolute Gasteiger partial charge is 0.394 e. The van der Waals surface area contributed by atoms with Gasteiger partial charge in [0.25, 0.3) is 0 Å². The fourth-order valence-corrected chi connectivity index (χ4v) is 4.72. The summed E-state index contributed by atoms with van der Waals surface area (Å²) in [6.07, 6.45) is 4.43. The molecular weight excluding hydrogens is 342 g/mol. The Hall–Kier alpha value is -2.42. The SMILES string of the molecule is OC[C@H](c1ccccc1)N1[C@@H](Cc2ccccc2)CC[C@H]1Cc1ccccc1. The molecule has 1 fully saturated rings. The minimum Gasteiger partial charge on any atom is -0.394 e. The number of benzene rings is 3. The van der Waals surface area contributed by atoms with Crippen molar-refractivity contribution in [1.82, 2.24) is 4.90 Å². The summed E-state index contributed by atoms with van der Waals surface area (Å²) >= 11 is 0. The number of aliphatic hydroxyl groups excluding tert-OH is 1. The van der Waals surface area contributed by atoms with Crippen molar-refractivity contribution in [2.24, 2.45) is 0 Å². The highest BCUT2D eigenvalue weighted by Crippen LogP contribution is 2.36. The van der Waals surface area contributed by atoms with Crippen LogP contribution in [-0.2, 0) is 12.8 Å². The zero-order valence-electron chi connectivity index (χ0n) is 16.3. The minimum atomic E-state index is 0.0473. The molecule has 1 N–H and O–H groups in total. The standard InChI is InChI=1S/C26H29NO/c28-20-26(23-14-8-3-9-15-23)27-24(18-21-10-4-1-5-11-21)16-17-25(27)19-22-12-6-2-7-13-22/h1-15,24-26,28H,16-20H2/t24-,25+,26-/m1/s1. The Kier molecular flexibility index (Phi) is 6.20. The lowest BCUT2D eigenvalue weighted by Crippen LogP contribution is -2.42. The van der Waals surface area contributed by atoms with E-state index in [0.29, 0.717) is 12.1 Å². The highest BCUT2D eigenvalue weighted by Gasteiger charge is 2.38. The number of hydrogen-bond acceptors (Lipinski definition) is 2. The normalized spacial score (nSPS) is 20.9. The molecule has 3 atom stereocenters. The van der Waals surface area contributed by atoms with Gasteiger partial charge >= 0.3 is 0 Å². The van der Waals surface area contributed by atoms with E-state index in [1.807, 2.05) is 6.07 Å². The molecule has 1 heterocycles. The van der Waals surface area contributed by atoms with E-state index in [1.54, 1.807) is 0 Å². The third kappa shape index (κ3) is 4.35. The summed E-state index contributed by atoms with van der Waals surface area (Å²) in [5, 5.41) is 10.4. The molecule has 144 valence electrons. The molecule has 3 aromatic carbocycles. The Labute approximate surface area is 168 Å². The third-order valence-corrected chi connectivity index (χ3v) is 6.02. The van der Waals surface area contributed by atoms with Gasteiger partial charge in [-0.15, -0.1) is 0 Å². The monoisotopic (exact) mass is 371 g/mol. The second-order valence-electron chi connectivity index (χ2n) is 7.82. The summed E-state index contributed by atoms with van der Waals surface area (Å²) in [7, 11) is 0. The van der Waals surface area contributed by atoms with E-state index in [4.69, 9.17) is 0 Å². The minimum absolute atomic E-state index is 0.0473. The van der Waals surface area contributed by atoms with Crippen LogP contribution in [-0.4, -0.2) is 28.7 Å². The highest BCUT2D eigenvalue weighted by atomic mass is 16.3. The van der Waals surface area contributed by atoms with Crippen molar-refractivity contribution in [3.63, 3.8) is 0 Å². The van der Waals surface area contributed by atoms with Gasteiger partial charge in [-0.3, -0.25) is 4.90 Å². The molecule has 4 rings (SSSR count). The number of aliphatic hydroxyl groups is 1. The lowest BCUT2D eigenvalue weighted by molar-refractivity contribution is 0.0767. The smallest absolute Gasteiger partial charge is 0.0628 e. The van der Waals surface area contributed by atoms with Crippen molar-refractivity contribution < 1.29 is 5.11 Å². The van der Waals surface area contributed by atoms with Gasteiger partial charge in [0.2, 0.25) is 0 Å². The molecule has 0 saturated carbocycles. The average molecular weight is 372 g/mol. The van der Waals surface area contributed by atoms with Gasteiger partial charge in [0.1, 0.15) is 0 Å². The fraction of sp³-hybridized carbons (Fsp3) is 0.308. The zero-order chi connectivity index (χ0) is 19.2. The van der Waals surface area contributed by atoms with Crippen LogP contribution in [0.1, 0.15) is 35.6 Å². The van der Waals surface area contributed by atoms with Crippen LogP contribution in [0.3, 0.4) is 0 Å². The van der Waals surface area contributed by atoms with Crippen molar-refractivity contribution in [1.29, 1.82) is 0 Å². The van der Waals surface area contributed by atoms with Crippen LogP contribution in [0, 0.1) is 0 Å². The van der Waals surface area contributed by atoms with E-state index in [-0.39, 0.29) is 12.6 Å². The summed E-state index contributed by atoms with van der Waals surface area (Å²) < 4.78 is 0.